The molecule has 1 heterocycles. The van der Waals surface area contributed by atoms with E-state index in [-0.39, 0.29) is 8.99 Å². The zero-order valence-corrected chi connectivity index (χ0v) is 8.54. The number of hydrogen-bond acceptors (Lipinski definition) is 2. The fraction of sp³-hybridized carbons (Fsp3) is 1.00. The van der Waals surface area contributed by atoms with Crippen LogP contribution in [0.2, 0.25) is 0 Å². The minimum absolute atomic E-state index is 0.0995. The van der Waals surface area contributed by atoms with Gasteiger partial charge in [-0.2, -0.15) is 0 Å². The average Bonchev–Trinajstić information content (AvgIpc) is 1.97. The predicted octanol–water partition coefficient (Wildman–Crippen LogP) is 1.94. The Morgan fingerprint density at radius 1 is 1.33 bits per heavy atom. The Kier molecular flexibility index (Phi) is 2.49. The van der Waals surface area contributed by atoms with Crippen LogP contribution in [0.3, 0.4) is 0 Å². The van der Waals surface area contributed by atoms with Crippen LogP contribution in [-0.4, -0.2) is 23.8 Å². The molecule has 0 bridgehead atoms. The number of halogens is 2. The van der Waals surface area contributed by atoms with E-state index < -0.39 is 10.6 Å². The molecule has 1 aliphatic rings. The Balaban J connectivity index is 2.62. The van der Waals surface area contributed by atoms with Gasteiger partial charge in [0.15, 0.2) is 0 Å². The van der Waals surface area contributed by atoms with Gasteiger partial charge in [0.25, 0.3) is 0 Å². The topological polar surface area (TPSA) is 46.1 Å². The lowest BCUT2D eigenvalue weighted by Gasteiger charge is -2.60. The van der Waals surface area contributed by atoms with Crippen LogP contribution in [0.5, 0.6) is 0 Å². The fourth-order valence-corrected chi connectivity index (χ4v) is 4.48. The van der Waals surface area contributed by atoms with E-state index in [2.05, 4.69) is 31.9 Å². The summed E-state index contributed by atoms with van der Waals surface area (Å²) in [7, 11) is -2.80. The summed E-state index contributed by atoms with van der Waals surface area (Å²) in [6.45, 7) is 0. The molecule has 2 atom stereocenters. The lowest BCUT2D eigenvalue weighted by Crippen LogP contribution is -2.11. The zero-order chi connectivity index (χ0) is 7.07. The molecule has 9 heavy (non-hydrogen) atoms. The molecule has 2 unspecified atom stereocenters. The molecule has 1 fully saturated rings. The van der Waals surface area contributed by atoms with Gasteiger partial charge in [-0.05, 0) is 12.2 Å². The van der Waals surface area contributed by atoms with Crippen LogP contribution in [-0.2, 0) is 0 Å². The van der Waals surface area contributed by atoms with Crippen molar-refractivity contribution in [3.63, 3.8) is 0 Å². The summed E-state index contributed by atoms with van der Waals surface area (Å²) >= 11 is 6.34. The van der Waals surface area contributed by atoms with E-state index in [9.17, 15) is 9.11 Å². The van der Waals surface area contributed by atoms with Crippen LogP contribution in [0.25, 0.3) is 0 Å². The van der Waals surface area contributed by atoms with Crippen molar-refractivity contribution < 1.29 is 9.11 Å². The van der Waals surface area contributed by atoms with E-state index in [4.69, 9.17) is 0 Å². The Hall–Kier alpha value is 1.23. The van der Waals surface area contributed by atoms with E-state index in [1.54, 1.807) is 0 Å². The van der Waals surface area contributed by atoms with Gasteiger partial charge in [-0.25, -0.2) is 0 Å². The first kappa shape index (κ1) is 8.33. The minimum Gasteiger partial charge on any atom is -0.799 e. The average molecular weight is 278 g/mol. The molecule has 0 aromatic rings. The third kappa shape index (κ3) is 1.63. The molecular formula is C4H6Br2O2S-2. The second kappa shape index (κ2) is 2.70. The molecule has 0 aromatic carbocycles. The maximum atomic E-state index is 10.9. The van der Waals surface area contributed by atoms with E-state index in [1.807, 2.05) is 0 Å². The summed E-state index contributed by atoms with van der Waals surface area (Å²) < 4.78 is 21.4. The fourth-order valence-electron chi connectivity index (χ4n) is 0.745. The van der Waals surface area contributed by atoms with Gasteiger partial charge in [-0.15, -0.1) is 0 Å². The Morgan fingerprint density at radius 2 is 1.89 bits per heavy atom. The van der Waals surface area contributed by atoms with Gasteiger partial charge >= 0.3 is 0 Å². The molecule has 0 N–H and O–H groups in total. The van der Waals surface area contributed by atoms with E-state index >= 15 is 0 Å². The second-order valence-corrected chi connectivity index (χ2v) is 7.03. The minimum atomic E-state index is -2.80. The zero-order valence-electron chi connectivity index (χ0n) is 4.55. The van der Waals surface area contributed by atoms with Crippen molar-refractivity contribution in [2.45, 2.75) is 15.4 Å². The van der Waals surface area contributed by atoms with Crippen molar-refractivity contribution in [2.24, 2.45) is 0 Å². The predicted molar refractivity (Wildman–Crippen MR) is 44.1 cm³/mol. The van der Waals surface area contributed by atoms with Gasteiger partial charge < -0.3 is 19.7 Å². The third-order valence-electron chi connectivity index (χ3n) is 1.31. The van der Waals surface area contributed by atoms with E-state index in [0.29, 0.717) is 5.75 Å². The molecule has 0 aromatic heterocycles. The van der Waals surface area contributed by atoms with Crippen LogP contribution in [0, 0.1) is 0 Å². The quantitative estimate of drug-likeness (QED) is 0.636. The van der Waals surface area contributed by atoms with Crippen molar-refractivity contribution in [1.82, 2.24) is 0 Å². The van der Waals surface area contributed by atoms with Crippen molar-refractivity contribution in [3.8, 4) is 0 Å². The summed E-state index contributed by atoms with van der Waals surface area (Å²) in [4.78, 5) is 0.0995. The first-order valence-corrected chi connectivity index (χ1v) is 6.08. The molecule has 0 radical (unpaired) electrons. The smallest absolute Gasteiger partial charge is 0.0517 e. The first-order chi connectivity index (χ1) is 4.04. The molecule has 0 amide bonds. The van der Waals surface area contributed by atoms with Gasteiger partial charge in [-0.1, -0.05) is 31.9 Å². The number of alkyl halides is 2. The highest BCUT2D eigenvalue weighted by atomic mass is 79.9. The molecule has 0 aliphatic carbocycles. The summed E-state index contributed by atoms with van der Waals surface area (Å²) in [5.74, 6) is 0.304. The maximum Gasteiger partial charge on any atom is 0.0517 e. The molecule has 56 valence electrons. The van der Waals surface area contributed by atoms with Gasteiger partial charge in [-0.3, -0.25) is 0 Å². The SMILES string of the molecule is [O-]S1([O-])CCC(Br)C1Br. The number of rotatable bonds is 0. The summed E-state index contributed by atoms with van der Waals surface area (Å²) in [6.07, 6.45) is 0.720. The molecule has 1 saturated heterocycles. The van der Waals surface area contributed by atoms with Crippen LogP contribution >= 0.6 is 42.4 Å². The third-order valence-corrected chi connectivity index (χ3v) is 7.52. The van der Waals surface area contributed by atoms with E-state index in [0.717, 1.165) is 6.42 Å². The molecule has 0 spiro atoms. The first-order valence-electron chi connectivity index (χ1n) is 2.54. The largest absolute Gasteiger partial charge is 0.799 e. The molecular weight excluding hydrogens is 272 g/mol. The number of sulfone groups is 1. The van der Waals surface area contributed by atoms with Crippen molar-refractivity contribution in [3.05, 3.63) is 0 Å². The monoisotopic (exact) mass is 276 g/mol. The van der Waals surface area contributed by atoms with Crippen molar-refractivity contribution >= 4 is 42.4 Å². The van der Waals surface area contributed by atoms with Crippen LogP contribution in [0.4, 0.5) is 0 Å². The van der Waals surface area contributed by atoms with Crippen LogP contribution in [0.15, 0.2) is 0 Å². The van der Waals surface area contributed by atoms with Crippen LogP contribution in [0.1, 0.15) is 6.42 Å². The molecule has 2 nitrogen and oxygen atoms in total. The Morgan fingerprint density at radius 3 is 2.00 bits per heavy atom. The molecule has 0 saturated carbocycles. The normalized spacial score (nSPS) is 44.9. The van der Waals surface area contributed by atoms with E-state index in [1.165, 1.54) is 0 Å². The van der Waals surface area contributed by atoms with Gasteiger partial charge in [0.05, 0.1) is 4.16 Å². The molecule has 1 rings (SSSR count). The highest BCUT2D eigenvalue weighted by Crippen LogP contribution is 2.56. The lowest BCUT2D eigenvalue weighted by atomic mass is 10.4. The molecule has 1 aliphatic heterocycles. The summed E-state index contributed by atoms with van der Waals surface area (Å²) in [5.41, 5.74) is 0. The number of hydrogen-bond donors (Lipinski definition) is 0. The van der Waals surface area contributed by atoms with Crippen molar-refractivity contribution in [1.29, 1.82) is 0 Å². The van der Waals surface area contributed by atoms with Crippen molar-refractivity contribution in [2.75, 3.05) is 5.75 Å². The molecule has 5 heteroatoms. The maximum absolute atomic E-state index is 10.9. The summed E-state index contributed by atoms with van der Waals surface area (Å²) in [5, 5.41) is 0. The van der Waals surface area contributed by atoms with Crippen LogP contribution < -0.4 is 0 Å². The second-order valence-electron chi connectivity index (χ2n) is 2.02. The van der Waals surface area contributed by atoms with Gasteiger partial charge in [0.1, 0.15) is 0 Å². The summed E-state index contributed by atoms with van der Waals surface area (Å²) in [6, 6.07) is 0. The highest BCUT2D eigenvalue weighted by molar-refractivity contribution is 9.14. The van der Waals surface area contributed by atoms with Gasteiger partial charge in [0.2, 0.25) is 0 Å². The Labute approximate surface area is 72.6 Å². The highest BCUT2D eigenvalue weighted by Gasteiger charge is 2.25. The lowest BCUT2D eigenvalue weighted by molar-refractivity contribution is 0.451. The Bertz CT molecular complexity index is 119. The standard InChI is InChI=1S/C4H8Br2O2S/c5-3-1-2-9(7,8)4(3)6/h3-4,7-8H,1-2H2/p-2. The van der Waals surface area contributed by atoms with Gasteiger partial charge in [0, 0.05) is 4.83 Å².